The highest BCUT2D eigenvalue weighted by atomic mass is 35.5. The molecule has 2 aromatic heterocycles. The maximum absolute atomic E-state index is 12.8. The van der Waals surface area contributed by atoms with Gasteiger partial charge in [-0.15, -0.1) is 0 Å². The Labute approximate surface area is 162 Å². The number of aromatic amines is 1. The number of halogens is 1. The molecule has 0 fully saturated rings. The summed E-state index contributed by atoms with van der Waals surface area (Å²) in [5, 5.41) is 2.36. The van der Waals surface area contributed by atoms with E-state index in [1.165, 1.54) is 0 Å². The average molecular weight is 424 g/mol. The van der Waals surface area contributed by atoms with Crippen LogP contribution in [0.2, 0.25) is 5.02 Å². The number of H-pyrrole nitrogens is 1. The van der Waals surface area contributed by atoms with E-state index >= 15 is 0 Å². The Morgan fingerprint density at radius 2 is 1.96 bits per heavy atom. The zero-order valence-corrected chi connectivity index (χ0v) is 16.2. The van der Waals surface area contributed by atoms with Gasteiger partial charge < -0.3 is 0 Å². The molecule has 2 aromatic carbocycles. The first-order valence-corrected chi connectivity index (χ1v) is 10.3. The third-order valence-corrected chi connectivity index (χ3v) is 6.34. The fourth-order valence-electron chi connectivity index (χ4n) is 2.46. The van der Waals surface area contributed by atoms with Crippen molar-refractivity contribution in [2.24, 2.45) is 0 Å². The summed E-state index contributed by atoms with van der Waals surface area (Å²) in [6, 6.07) is 11.9. The standard InChI is InChI=1S/C16H11ClN4O4S2/c1-9-2-5-11(6-3-9)21-14(15(22)25-20-21)27(23,24)19-16-18-12-7-4-10(17)8-13(12)26-16/h2-8H,1H3,(H-,18,19,20,22)/p+1. The number of aromatic nitrogens is 3. The van der Waals surface area contributed by atoms with Gasteiger partial charge in [-0.25, -0.2) is 14.5 Å². The topological polar surface area (TPSA) is 109 Å². The number of sulfonamides is 1. The highest BCUT2D eigenvalue weighted by Crippen LogP contribution is 2.29. The lowest BCUT2D eigenvalue weighted by atomic mass is 10.2. The monoisotopic (exact) mass is 423 g/mol. The van der Waals surface area contributed by atoms with Crippen molar-refractivity contribution in [1.82, 2.24) is 10.3 Å². The van der Waals surface area contributed by atoms with Crippen LogP contribution in [-0.2, 0) is 10.0 Å². The van der Waals surface area contributed by atoms with Gasteiger partial charge in [0.2, 0.25) is 5.69 Å². The van der Waals surface area contributed by atoms with Gasteiger partial charge in [0.25, 0.3) is 0 Å². The molecule has 2 heterocycles. The first-order chi connectivity index (χ1) is 12.8. The smallest absolute Gasteiger partial charge is 0.281 e. The van der Waals surface area contributed by atoms with E-state index in [1.54, 1.807) is 42.5 Å². The van der Waals surface area contributed by atoms with Gasteiger partial charge in [0, 0.05) is 17.2 Å². The zero-order valence-electron chi connectivity index (χ0n) is 13.8. The molecule has 0 saturated carbocycles. The highest BCUT2D eigenvalue weighted by molar-refractivity contribution is 7.92. The number of hydrogen-bond acceptors (Lipinski definition) is 6. The van der Waals surface area contributed by atoms with Crippen molar-refractivity contribution < 1.29 is 17.6 Å². The minimum Gasteiger partial charge on any atom is -0.281 e. The largest absolute Gasteiger partial charge is 0.449 e. The zero-order chi connectivity index (χ0) is 19.2. The average Bonchev–Trinajstić information content (AvgIpc) is 3.18. The second kappa shape index (κ2) is 6.48. The third kappa shape index (κ3) is 3.34. The molecule has 0 radical (unpaired) electrons. The normalized spacial score (nSPS) is 11.8. The Bertz CT molecular complexity index is 1310. The number of anilines is 1. The van der Waals surface area contributed by atoms with Crippen LogP contribution in [0.15, 0.2) is 56.8 Å². The van der Waals surface area contributed by atoms with Crippen LogP contribution in [0, 0.1) is 6.92 Å². The molecule has 0 aliphatic rings. The maximum atomic E-state index is 12.8. The Balaban J connectivity index is 1.76. The molecule has 0 bridgehead atoms. The molecule has 0 unspecified atom stereocenters. The van der Waals surface area contributed by atoms with E-state index in [0.717, 1.165) is 21.6 Å². The predicted octanol–water partition coefficient (Wildman–Crippen LogP) is 2.62. The molecule has 0 saturated heterocycles. The Morgan fingerprint density at radius 1 is 1.22 bits per heavy atom. The number of thiazole rings is 1. The van der Waals surface area contributed by atoms with Crippen molar-refractivity contribution >= 4 is 48.3 Å². The number of benzene rings is 2. The number of nitrogens with zero attached hydrogens (tertiary/aromatic N) is 2. The van der Waals surface area contributed by atoms with Gasteiger partial charge >= 0.3 is 20.7 Å². The Hall–Kier alpha value is -2.69. The summed E-state index contributed by atoms with van der Waals surface area (Å²) in [5.41, 5.74) is 0.991. The van der Waals surface area contributed by atoms with Crippen molar-refractivity contribution in [3.05, 3.63) is 63.5 Å². The molecule has 0 spiro atoms. The summed E-state index contributed by atoms with van der Waals surface area (Å²) >= 11 is 7.05. The van der Waals surface area contributed by atoms with Gasteiger partial charge in [-0.3, -0.25) is 4.52 Å². The van der Waals surface area contributed by atoms with Gasteiger partial charge in [0.15, 0.2) is 5.13 Å². The molecule has 138 valence electrons. The lowest BCUT2D eigenvalue weighted by Crippen LogP contribution is -2.42. The summed E-state index contributed by atoms with van der Waals surface area (Å²) in [5.74, 6) is 0. The van der Waals surface area contributed by atoms with Crippen molar-refractivity contribution in [2.45, 2.75) is 11.9 Å². The quantitative estimate of drug-likeness (QED) is 0.490. The fraction of sp³-hybridized carbons (Fsp3) is 0.0625. The third-order valence-electron chi connectivity index (χ3n) is 3.73. The predicted molar refractivity (Wildman–Crippen MR) is 101 cm³/mol. The van der Waals surface area contributed by atoms with E-state index in [4.69, 9.17) is 16.1 Å². The molecule has 0 aliphatic heterocycles. The number of rotatable bonds is 4. The van der Waals surface area contributed by atoms with Gasteiger partial charge in [-0.2, -0.15) is 8.42 Å². The second-order valence-electron chi connectivity index (χ2n) is 5.69. The molecule has 4 aromatic rings. The van der Waals surface area contributed by atoms with E-state index in [9.17, 15) is 13.2 Å². The van der Waals surface area contributed by atoms with Crippen LogP contribution in [-0.4, -0.2) is 18.7 Å². The first-order valence-electron chi connectivity index (χ1n) is 7.63. The van der Waals surface area contributed by atoms with E-state index in [2.05, 4.69) is 15.0 Å². The number of nitrogens with one attached hydrogen (secondary N) is 2. The van der Waals surface area contributed by atoms with Crippen molar-refractivity contribution in [1.29, 1.82) is 0 Å². The van der Waals surface area contributed by atoms with E-state index in [-0.39, 0.29) is 5.13 Å². The molecule has 0 atom stereocenters. The lowest BCUT2D eigenvalue weighted by Gasteiger charge is -1.99. The van der Waals surface area contributed by atoms with E-state index in [0.29, 0.717) is 20.9 Å². The van der Waals surface area contributed by atoms with E-state index < -0.39 is 20.7 Å². The molecular weight excluding hydrogens is 412 g/mol. The van der Waals surface area contributed by atoms with Crippen LogP contribution in [0.5, 0.6) is 0 Å². The molecule has 27 heavy (non-hydrogen) atoms. The number of fused-ring (bicyclic) bond motifs is 1. The molecule has 2 N–H and O–H groups in total. The van der Waals surface area contributed by atoms with Crippen LogP contribution in [0.1, 0.15) is 5.56 Å². The first kappa shape index (κ1) is 17.7. The van der Waals surface area contributed by atoms with Gasteiger partial charge in [0.1, 0.15) is 0 Å². The van der Waals surface area contributed by atoms with Gasteiger partial charge in [0.05, 0.1) is 10.2 Å². The molecular formula is C16H12ClN4O4S2+. The summed E-state index contributed by atoms with van der Waals surface area (Å²) in [7, 11) is -4.26. The SMILES string of the molecule is Cc1ccc(-[n+]2[nH]oc(=O)c2S(=O)(=O)Nc2nc3ccc(Cl)cc3s2)cc1. The number of hydrogen-bond donors (Lipinski definition) is 2. The molecule has 0 aliphatic carbocycles. The number of aryl methyl sites for hydroxylation is 1. The summed E-state index contributed by atoms with van der Waals surface area (Å²) < 4.78 is 34.4. The van der Waals surface area contributed by atoms with Crippen LogP contribution in [0.4, 0.5) is 5.13 Å². The van der Waals surface area contributed by atoms with Crippen molar-refractivity contribution in [3.8, 4) is 5.69 Å². The molecule has 4 rings (SSSR count). The summed E-state index contributed by atoms with van der Waals surface area (Å²) in [6.07, 6.45) is 0. The maximum Gasteiger partial charge on any atom is 0.449 e. The second-order valence-corrected chi connectivity index (χ2v) is 8.76. The molecule has 11 heteroatoms. The molecule has 0 amide bonds. The Morgan fingerprint density at radius 3 is 2.70 bits per heavy atom. The van der Waals surface area contributed by atoms with Crippen molar-refractivity contribution in [3.63, 3.8) is 0 Å². The van der Waals surface area contributed by atoms with Crippen LogP contribution >= 0.6 is 22.9 Å². The van der Waals surface area contributed by atoms with Gasteiger partial charge in [-0.1, -0.05) is 40.6 Å². The molecule has 8 nitrogen and oxygen atoms in total. The highest BCUT2D eigenvalue weighted by Gasteiger charge is 2.37. The Kier molecular flexibility index (Phi) is 4.25. The lowest BCUT2D eigenvalue weighted by molar-refractivity contribution is -0.705. The minimum atomic E-state index is -4.26. The van der Waals surface area contributed by atoms with Crippen LogP contribution in [0.3, 0.4) is 0 Å². The van der Waals surface area contributed by atoms with Crippen molar-refractivity contribution in [2.75, 3.05) is 4.72 Å². The van der Waals surface area contributed by atoms with Crippen LogP contribution < -0.4 is 15.0 Å². The fourth-order valence-corrected chi connectivity index (χ4v) is 4.97. The van der Waals surface area contributed by atoms with Gasteiger partial charge in [-0.05, 0) is 35.1 Å². The summed E-state index contributed by atoms with van der Waals surface area (Å²) in [4.78, 5) is 16.3. The summed E-state index contributed by atoms with van der Waals surface area (Å²) in [6.45, 7) is 1.89. The van der Waals surface area contributed by atoms with E-state index in [1.807, 2.05) is 6.92 Å². The van der Waals surface area contributed by atoms with Crippen LogP contribution in [0.25, 0.3) is 15.9 Å². The minimum absolute atomic E-state index is 0.114.